The maximum absolute atomic E-state index is 4.68. The van der Waals surface area contributed by atoms with E-state index in [0.29, 0.717) is 5.95 Å². The molecule has 0 atom stereocenters. The molecule has 1 saturated heterocycles. The lowest BCUT2D eigenvalue weighted by Crippen LogP contribution is -2.45. The minimum absolute atomic E-state index is 0.678. The number of rotatable bonds is 4. The van der Waals surface area contributed by atoms with E-state index in [1.165, 1.54) is 0 Å². The largest absolute Gasteiger partial charge is 0.354 e. The van der Waals surface area contributed by atoms with Crippen LogP contribution in [0.15, 0.2) is 6.20 Å². The predicted octanol–water partition coefficient (Wildman–Crippen LogP) is 0.927. The van der Waals surface area contributed by atoms with Gasteiger partial charge in [0.15, 0.2) is 5.65 Å². The third-order valence-electron chi connectivity index (χ3n) is 3.63. The van der Waals surface area contributed by atoms with Crippen LogP contribution in [0.4, 0.5) is 11.8 Å². The Bertz CT molecular complexity index is 571. The van der Waals surface area contributed by atoms with E-state index in [2.05, 4.69) is 49.3 Å². The number of nitrogens with zero attached hydrogens (tertiary/aromatic N) is 5. The maximum Gasteiger partial charge on any atom is 0.226 e. The molecule has 0 saturated carbocycles. The predicted molar refractivity (Wildman–Crippen MR) is 80.2 cm³/mol. The average molecular weight is 275 g/mol. The summed E-state index contributed by atoms with van der Waals surface area (Å²) in [6, 6.07) is 0. The smallest absolute Gasteiger partial charge is 0.226 e. The highest BCUT2D eigenvalue weighted by molar-refractivity contribution is 5.87. The molecule has 108 valence electrons. The topological polar surface area (TPSA) is 73.0 Å². The van der Waals surface area contributed by atoms with Crippen molar-refractivity contribution in [3.05, 3.63) is 6.20 Å². The Kier molecular flexibility index (Phi) is 3.68. The van der Waals surface area contributed by atoms with Gasteiger partial charge in [0.1, 0.15) is 5.82 Å². The van der Waals surface area contributed by atoms with Crippen molar-refractivity contribution in [1.29, 1.82) is 0 Å². The summed E-state index contributed by atoms with van der Waals surface area (Å²) in [6.45, 7) is 7.09. The molecule has 0 spiro atoms. The molecule has 7 nitrogen and oxygen atoms in total. The van der Waals surface area contributed by atoms with Crippen LogP contribution in [0.5, 0.6) is 0 Å². The van der Waals surface area contributed by atoms with E-state index >= 15 is 0 Å². The van der Waals surface area contributed by atoms with E-state index in [9.17, 15) is 0 Å². The minimum Gasteiger partial charge on any atom is -0.354 e. The monoisotopic (exact) mass is 275 g/mol. The third-order valence-corrected chi connectivity index (χ3v) is 3.63. The number of hydrogen-bond donors (Lipinski definition) is 2. The van der Waals surface area contributed by atoms with Crippen LogP contribution in [0.2, 0.25) is 0 Å². The lowest BCUT2D eigenvalue weighted by molar-refractivity contribution is 0.312. The van der Waals surface area contributed by atoms with Gasteiger partial charge in [-0.15, -0.1) is 0 Å². The second-order valence-corrected chi connectivity index (χ2v) is 5.22. The normalized spacial score (nSPS) is 16.8. The molecule has 2 aromatic heterocycles. The molecule has 1 fully saturated rings. The third kappa shape index (κ3) is 2.53. The fourth-order valence-corrected chi connectivity index (χ4v) is 2.39. The summed E-state index contributed by atoms with van der Waals surface area (Å²) in [5.41, 5.74) is 0.799. The van der Waals surface area contributed by atoms with Crippen LogP contribution < -0.4 is 10.2 Å². The van der Waals surface area contributed by atoms with Crippen LogP contribution in [0, 0.1) is 0 Å². The van der Waals surface area contributed by atoms with Crippen LogP contribution in [-0.2, 0) is 0 Å². The van der Waals surface area contributed by atoms with Crippen molar-refractivity contribution in [2.75, 3.05) is 50.0 Å². The summed E-state index contributed by atoms with van der Waals surface area (Å²) < 4.78 is 0. The van der Waals surface area contributed by atoms with Gasteiger partial charge in [0.05, 0.1) is 11.6 Å². The maximum atomic E-state index is 4.68. The number of hydrogen-bond acceptors (Lipinski definition) is 6. The molecule has 0 unspecified atom stereocenters. The zero-order valence-corrected chi connectivity index (χ0v) is 12.1. The molecule has 20 heavy (non-hydrogen) atoms. The molecule has 1 aliphatic rings. The van der Waals surface area contributed by atoms with Gasteiger partial charge >= 0.3 is 0 Å². The molecule has 2 aromatic rings. The van der Waals surface area contributed by atoms with Crippen LogP contribution in [0.1, 0.15) is 13.3 Å². The van der Waals surface area contributed by atoms with Gasteiger partial charge in [-0.1, -0.05) is 6.92 Å². The van der Waals surface area contributed by atoms with Crippen LogP contribution in [-0.4, -0.2) is 64.8 Å². The average Bonchev–Trinajstić information content (AvgIpc) is 2.93. The molecule has 0 amide bonds. The van der Waals surface area contributed by atoms with Gasteiger partial charge in [-0.25, -0.2) is 0 Å². The number of H-pyrrole nitrogens is 1. The van der Waals surface area contributed by atoms with Gasteiger partial charge in [-0.2, -0.15) is 15.1 Å². The molecule has 2 N–H and O–H groups in total. The number of likely N-dealkylation sites (N-methyl/N-ethyl adjacent to an activating group) is 1. The van der Waals surface area contributed by atoms with Gasteiger partial charge in [-0.3, -0.25) is 5.10 Å². The van der Waals surface area contributed by atoms with E-state index in [1.54, 1.807) is 0 Å². The molecule has 0 aromatic carbocycles. The van der Waals surface area contributed by atoms with Crippen molar-refractivity contribution in [1.82, 2.24) is 25.1 Å². The molecular formula is C13H21N7. The van der Waals surface area contributed by atoms with Crippen molar-refractivity contribution < 1.29 is 0 Å². The van der Waals surface area contributed by atoms with E-state index in [0.717, 1.165) is 56.0 Å². The summed E-state index contributed by atoms with van der Waals surface area (Å²) in [5, 5.41) is 11.3. The van der Waals surface area contributed by atoms with Crippen molar-refractivity contribution in [2.45, 2.75) is 13.3 Å². The molecule has 0 aliphatic carbocycles. The fourth-order valence-electron chi connectivity index (χ4n) is 2.39. The molecule has 0 bridgehead atoms. The quantitative estimate of drug-likeness (QED) is 0.864. The number of aromatic amines is 1. The Morgan fingerprint density at radius 2 is 2.05 bits per heavy atom. The van der Waals surface area contributed by atoms with Gasteiger partial charge in [0.2, 0.25) is 5.95 Å². The van der Waals surface area contributed by atoms with Crippen molar-refractivity contribution >= 4 is 22.8 Å². The van der Waals surface area contributed by atoms with E-state index < -0.39 is 0 Å². The Hall–Kier alpha value is -1.89. The van der Waals surface area contributed by atoms with Gasteiger partial charge in [0, 0.05) is 32.7 Å². The number of fused-ring (bicyclic) bond motifs is 1. The summed E-state index contributed by atoms with van der Waals surface area (Å²) in [7, 11) is 2.15. The molecule has 0 radical (unpaired) electrons. The Balaban J connectivity index is 1.93. The molecule has 1 aliphatic heterocycles. The van der Waals surface area contributed by atoms with Crippen molar-refractivity contribution in [2.24, 2.45) is 0 Å². The first-order valence-corrected chi connectivity index (χ1v) is 7.16. The Labute approximate surface area is 118 Å². The lowest BCUT2D eigenvalue weighted by Gasteiger charge is -2.33. The van der Waals surface area contributed by atoms with Gasteiger partial charge in [0.25, 0.3) is 0 Å². The highest BCUT2D eigenvalue weighted by Gasteiger charge is 2.19. The van der Waals surface area contributed by atoms with Crippen LogP contribution >= 0.6 is 0 Å². The van der Waals surface area contributed by atoms with Crippen molar-refractivity contribution in [3.8, 4) is 0 Å². The van der Waals surface area contributed by atoms with Crippen LogP contribution in [0.3, 0.4) is 0 Å². The second-order valence-electron chi connectivity index (χ2n) is 5.22. The fraction of sp³-hybridized carbons (Fsp3) is 0.615. The highest BCUT2D eigenvalue weighted by Crippen LogP contribution is 2.24. The zero-order valence-electron chi connectivity index (χ0n) is 12.1. The summed E-state index contributed by atoms with van der Waals surface area (Å²) in [4.78, 5) is 13.8. The summed E-state index contributed by atoms with van der Waals surface area (Å²) in [5.74, 6) is 1.66. The van der Waals surface area contributed by atoms with Gasteiger partial charge < -0.3 is 15.1 Å². The first kappa shape index (κ1) is 13.1. The Morgan fingerprint density at radius 1 is 1.25 bits per heavy atom. The first-order chi connectivity index (χ1) is 9.78. The highest BCUT2D eigenvalue weighted by atomic mass is 15.3. The van der Waals surface area contributed by atoms with E-state index in [-0.39, 0.29) is 0 Å². The zero-order chi connectivity index (χ0) is 13.9. The van der Waals surface area contributed by atoms with Crippen LogP contribution in [0.25, 0.3) is 11.0 Å². The minimum atomic E-state index is 0.678. The van der Waals surface area contributed by atoms with Gasteiger partial charge in [-0.05, 0) is 13.5 Å². The van der Waals surface area contributed by atoms with E-state index in [4.69, 9.17) is 0 Å². The molecule has 7 heteroatoms. The second kappa shape index (κ2) is 5.62. The van der Waals surface area contributed by atoms with E-state index in [1.807, 2.05) is 6.20 Å². The summed E-state index contributed by atoms with van der Waals surface area (Å²) in [6.07, 6.45) is 2.86. The summed E-state index contributed by atoms with van der Waals surface area (Å²) >= 11 is 0. The molecule has 3 rings (SSSR count). The number of piperazine rings is 1. The molecule has 3 heterocycles. The lowest BCUT2D eigenvalue weighted by atomic mass is 10.3. The molecular weight excluding hydrogens is 254 g/mol. The first-order valence-electron chi connectivity index (χ1n) is 7.16. The number of anilines is 2. The van der Waals surface area contributed by atoms with Crippen molar-refractivity contribution in [3.63, 3.8) is 0 Å². The standard InChI is InChI=1S/C13H21N7/c1-3-4-14-13-16-11-10(9-15-18-11)12(17-13)20-7-5-19(2)6-8-20/h9H,3-8H2,1-2H3,(H2,14,15,16,17,18). The SMILES string of the molecule is CCCNc1nc(N2CCN(C)CC2)c2cn[nH]c2n1. The Morgan fingerprint density at radius 3 is 2.80 bits per heavy atom. The number of nitrogens with one attached hydrogen (secondary N) is 2. The number of aromatic nitrogens is 4.